The molecular weight excluding hydrogens is 448 g/mol. The van der Waals surface area contributed by atoms with Crippen LogP contribution in [-0.4, -0.2) is 64.9 Å². The first kappa shape index (κ1) is 24.7. The van der Waals surface area contributed by atoms with Crippen LogP contribution in [0, 0.1) is 5.41 Å². The molecule has 1 unspecified atom stereocenters. The van der Waals surface area contributed by atoms with E-state index in [9.17, 15) is 24.6 Å². The fourth-order valence-electron chi connectivity index (χ4n) is 4.94. The van der Waals surface area contributed by atoms with Crippen molar-refractivity contribution < 1.29 is 29.3 Å². The number of carbonyl (C=O) groups excluding carboxylic acids is 2. The van der Waals surface area contributed by atoms with Gasteiger partial charge in [-0.1, -0.05) is 55.5 Å². The third-order valence-electron chi connectivity index (χ3n) is 7.54. The maximum Gasteiger partial charge on any atom is 0.407 e. The number of carboxylic acids is 1. The summed E-state index contributed by atoms with van der Waals surface area (Å²) in [6, 6.07) is 16.2. The monoisotopic (exact) mass is 480 g/mol. The fourth-order valence-corrected chi connectivity index (χ4v) is 4.94. The first-order chi connectivity index (χ1) is 16.7. The van der Waals surface area contributed by atoms with Gasteiger partial charge in [-0.3, -0.25) is 4.79 Å². The van der Waals surface area contributed by atoms with E-state index in [0.717, 1.165) is 22.3 Å². The van der Waals surface area contributed by atoms with Crippen molar-refractivity contribution in [2.75, 3.05) is 26.2 Å². The summed E-state index contributed by atoms with van der Waals surface area (Å²) >= 11 is 0. The van der Waals surface area contributed by atoms with Crippen LogP contribution in [0.3, 0.4) is 0 Å². The van der Waals surface area contributed by atoms with Gasteiger partial charge in [-0.25, -0.2) is 9.59 Å². The lowest BCUT2D eigenvalue weighted by atomic mass is 9.83. The van der Waals surface area contributed by atoms with Crippen molar-refractivity contribution >= 4 is 18.0 Å². The van der Waals surface area contributed by atoms with E-state index in [4.69, 9.17) is 4.74 Å². The summed E-state index contributed by atoms with van der Waals surface area (Å²) < 4.78 is 5.59. The Labute approximate surface area is 204 Å². The molecule has 0 bridgehead atoms. The molecule has 2 aromatic carbocycles. The van der Waals surface area contributed by atoms with Crippen LogP contribution in [-0.2, 0) is 14.3 Å². The molecular formula is C27H32N2O6. The predicted molar refractivity (Wildman–Crippen MR) is 130 cm³/mol. The highest BCUT2D eigenvalue weighted by molar-refractivity contribution is 5.84. The number of carboxylic acid groups (broad SMARTS) is 1. The van der Waals surface area contributed by atoms with Crippen molar-refractivity contribution in [3.05, 3.63) is 59.7 Å². The second-order valence-corrected chi connectivity index (χ2v) is 9.72. The van der Waals surface area contributed by atoms with Crippen molar-refractivity contribution in [3.8, 4) is 11.1 Å². The van der Waals surface area contributed by atoms with Crippen molar-refractivity contribution in [2.24, 2.45) is 5.41 Å². The number of carbonyl (C=O) groups is 3. The van der Waals surface area contributed by atoms with Crippen LogP contribution >= 0.6 is 0 Å². The molecule has 0 radical (unpaired) electrons. The summed E-state index contributed by atoms with van der Waals surface area (Å²) in [6.07, 6.45) is -0.144. The number of alkyl carbamates (subject to hydrolysis) is 1. The lowest BCUT2D eigenvalue weighted by Crippen LogP contribution is -2.55. The van der Waals surface area contributed by atoms with Gasteiger partial charge in [0.2, 0.25) is 5.91 Å². The molecule has 8 heteroatoms. The molecule has 1 aliphatic heterocycles. The van der Waals surface area contributed by atoms with Crippen LogP contribution in [0.2, 0.25) is 0 Å². The number of aliphatic hydroxyl groups is 1. The molecule has 1 fully saturated rings. The summed E-state index contributed by atoms with van der Waals surface area (Å²) in [5.74, 6) is -1.49. The molecule has 4 rings (SSSR count). The minimum Gasteiger partial charge on any atom is -0.479 e. The molecule has 3 N–H and O–H groups in total. The lowest BCUT2D eigenvalue weighted by molar-refractivity contribution is -0.166. The van der Waals surface area contributed by atoms with Crippen LogP contribution in [0.4, 0.5) is 4.79 Å². The Bertz CT molecular complexity index is 1080. The number of fused-ring (bicyclic) bond motifs is 3. The summed E-state index contributed by atoms with van der Waals surface area (Å²) in [4.78, 5) is 38.6. The molecule has 35 heavy (non-hydrogen) atoms. The molecule has 0 saturated carbocycles. The molecule has 2 amide bonds. The highest BCUT2D eigenvalue weighted by Gasteiger charge is 2.43. The summed E-state index contributed by atoms with van der Waals surface area (Å²) in [7, 11) is 0. The minimum atomic E-state index is -1.79. The van der Waals surface area contributed by atoms with Crippen molar-refractivity contribution in [2.45, 2.75) is 44.6 Å². The lowest BCUT2D eigenvalue weighted by Gasteiger charge is -2.40. The Morgan fingerprint density at radius 2 is 1.60 bits per heavy atom. The number of hydrogen-bond donors (Lipinski definition) is 3. The normalized spacial score (nSPS) is 18.2. The van der Waals surface area contributed by atoms with Gasteiger partial charge in [-0.2, -0.15) is 0 Å². The number of nitrogens with one attached hydrogen (secondary N) is 1. The van der Waals surface area contributed by atoms with E-state index in [1.54, 1.807) is 11.8 Å². The van der Waals surface area contributed by atoms with E-state index in [2.05, 4.69) is 29.6 Å². The van der Waals surface area contributed by atoms with Gasteiger partial charge in [0.15, 0.2) is 5.60 Å². The van der Waals surface area contributed by atoms with Gasteiger partial charge in [0.1, 0.15) is 6.61 Å². The van der Waals surface area contributed by atoms with Crippen molar-refractivity contribution in [3.63, 3.8) is 0 Å². The van der Waals surface area contributed by atoms with Gasteiger partial charge in [0, 0.05) is 38.4 Å². The number of hydrogen-bond acceptors (Lipinski definition) is 5. The highest BCUT2D eigenvalue weighted by Crippen LogP contribution is 2.44. The van der Waals surface area contributed by atoms with Crippen LogP contribution in [0.25, 0.3) is 11.1 Å². The zero-order valence-corrected chi connectivity index (χ0v) is 20.1. The first-order valence-electron chi connectivity index (χ1n) is 12.0. The third kappa shape index (κ3) is 4.75. The summed E-state index contributed by atoms with van der Waals surface area (Å²) in [6.45, 7) is 4.24. The van der Waals surface area contributed by atoms with Gasteiger partial charge >= 0.3 is 12.1 Å². The molecule has 1 heterocycles. The van der Waals surface area contributed by atoms with E-state index in [1.807, 2.05) is 31.2 Å². The maximum absolute atomic E-state index is 13.2. The topological polar surface area (TPSA) is 116 Å². The Hall–Kier alpha value is -3.39. The second-order valence-electron chi connectivity index (χ2n) is 9.72. The number of benzene rings is 2. The maximum atomic E-state index is 13.2. The third-order valence-corrected chi connectivity index (χ3v) is 7.54. The van der Waals surface area contributed by atoms with Gasteiger partial charge in [0.25, 0.3) is 0 Å². The number of nitrogens with zero attached hydrogens (tertiary/aromatic N) is 1. The average molecular weight is 481 g/mol. The van der Waals surface area contributed by atoms with E-state index in [-0.39, 0.29) is 50.9 Å². The highest BCUT2D eigenvalue weighted by atomic mass is 16.5. The molecule has 186 valence electrons. The molecule has 2 aromatic rings. The Kier molecular flexibility index (Phi) is 6.85. The second kappa shape index (κ2) is 9.70. The van der Waals surface area contributed by atoms with E-state index in [1.165, 1.54) is 0 Å². The van der Waals surface area contributed by atoms with Crippen molar-refractivity contribution in [1.29, 1.82) is 0 Å². The zero-order chi connectivity index (χ0) is 25.2. The van der Waals surface area contributed by atoms with E-state index in [0.29, 0.717) is 6.42 Å². The van der Waals surface area contributed by atoms with Crippen LogP contribution in [0.15, 0.2) is 48.5 Å². The number of rotatable bonds is 7. The number of likely N-dealkylation sites (tertiary alicyclic amines) is 1. The molecule has 8 nitrogen and oxygen atoms in total. The van der Waals surface area contributed by atoms with Crippen LogP contribution < -0.4 is 5.32 Å². The molecule has 1 atom stereocenters. The first-order valence-corrected chi connectivity index (χ1v) is 12.0. The average Bonchev–Trinajstić information content (AvgIpc) is 3.19. The minimum absolute atomic E-state index is 0.0202. The number of piperidine rings is 1. The smallest absolute Gasteiger partial charge is 0.407 e. The largest absolute Gasteiger partial charge is 0.479 e. The summed E-state index contributed by atoms with van der Waals surface area (Å²) in [5.41, 5.74) is 1.89. The van der Waals surface area contributed by atoms with Gasteiger partial charge in [-0.15, -0.1) is 0 Å². The number of amides is 2. The fraction of sp³-hybridized carbons (Fsp3) is 0.444. The molecule has 0 spiro atoms. The molecule has 2 aliphatic rings. The zero-order valence-electron chi connectivity index (χ0n) is 20.1. The van der Waals surface area contributed by atoms with Gasteiger partial charge < -0.3 is 25.2 Å². The summed E-state index contributed by atoms with van der Waals surface area (Å²) in [5, 5.41) is 22.1. The molecule has 1 saturated heterocycles. The Morgan fingerprint density at radius 1 is 1.06 bits per heavy atom. The molecule has 0 aromatic heterocycles. The van der Waals surface area contributed by atoms with E-state index >= 15 is 0 Å². The van der Waals surface area contributed by atoms with Crippen molar-refractivity contribution in [1.82, 2.24) is 10.2 Å². The standard InChI is InChI=1S/C27H32N2O6/c1-3-26(2,23(30)29-14-12-27(34,13-15-29)24(31)32)17-28-25(33)35-16-22-20-10-6-4-8-18(20)19-9-5-7-11-21(19)22/h4-11,22,34H,3,12-17H2,1-2H3,(H,28,33)(H,31,32). The Morgan fingerprint density at radius 3 is 2.11 bits per heavy atom. The number of ether oxygens (including phenoxy) is 1. The van der Waals surface area contributed by atoms with E-state index < -0.39 is 23.1 Å². The van der Waals surface area contributed by atoms with Gasteiger partial charge in [0.05, 0.1) is 5.41 Å². The molecule has 1 aliphatic carbocycles. The Balaban J connectivity index is 1.34. The van der Waals surface area contributed by atoms with Crippen LogP contribution in [0.1, 0.15) is 50.2 Å². The SMILES string of the molecule is CCC(C)(CNC(=O)OCC1c2ccccc2-c2ccccc21)C(=O)N1CCC(O)(C(=O)O)CC1. The predicted octanol–water partition coefficient (Wildman–Crippen LogP) is 3.38. The quantitative estimate of drug-likeness (QED) is 0.560. The van der Waals surface area contributed by atoms with Gasteiger partial charge in [-0.05, 0) is 35.6 Å². The number of aliphatic carboxylic acids is 1. The van der Waals surface area contributed by atoms with Crippen LogP contribution in [0.5, 0.6) is 0 Å².